The van der Waals surface area contributed by atoms with Crippen LogP contribution in [0.5, 0.6) is 0 Å². The van der Waals surface area contributed by atoms with E-state index in [1.807, 2.05) is 0 Å². The molecule has 1 aromatic heterocycles. The van der Waals surface area contributed by atoms with E-state index in [4.69, 9.17) is 0 Å². The summed E-state index contributed by atoms with van der Waals surface area (Å²) in [6, 6.07) is 6.56. The molecule has 128 valence electrons. The molecule has 3 rings (SSSR count). The first-order valence-corrected chi connectivity index (χ1v) is 9.37. The maximum Gasteiger partial charge on any atom is 0.329 e. The number of benzene rings is 1. The van der Waals surface area contributed by atoms with Gasteiger partial charge in [0.25, 0.3) is 5.56 Å². The zero-order valence-corrected chi connectivity index (χ0v) is 13.6. The molecular formula is C15H17N3O5S. The first-order valence-electron chi connectivity index (χ1n) is 7.55. The highest BCUT2D eigenvalue weighted by Gasteiger charge is 2.28. The van der Waals surface area contributed by atoms with Crippen molar-refractivity contribution in [2.24, 2.45) is 5.92 Å². The third kappa shape index (κ3) is 3.40. The Labute approximate surface area is 137 Å². The first kappa shape index (κ1) is 16.4. The quantitative estimate of drug-likeness (QED) is 0.751. The van der Waals surface area contributed by atoms with E-state index in [1.54, 1.807) is 24.3 Å². The van der Waals surface area contributed by atoms with Crippen LogP contribution in [0.4, 0.5) is 0 Å². The minimum atomic E-state index is -3.00. The van der Waals surface area contributed by atoms with Crippen LogP contribution in [-0.4, -0.2) is 41.9 Å². The summed E-state index contributed by atoms with van der Waals surface area (Å²) < 4.78 is 23.6. The average molecular weight is 351 g/mol. The van der Waals surface area contributed by atoms with Crippen LogP contribution in [0.2, 0.25) is 0 Å². The number of carbonyl (C=O) groups is 1. The number of rotatable bonds is 4. The Bertz CT molecular complexity index is 1010. The topological polar surface area (TPSA) is 118 Å². The van der Waals surface area contributed by atoms with Crippen LogP contribution in [0.3, 0.4) is 0 Å². The molecule has 9 heteroatoms. The number of hydrogen-bond acceptors (Lipinski definition) is 5. The van der Waals surface area contributed by atoms with Gasteiger partial charge in [-0.3, -0.25) is 14.2 Å². The van der Waals surface area contributed by atoms with Gasteiger partial charge in [0.1, 0.15) is 6.54 Å². The molecular weight excluding hydrogens is 334 g/mol. The highest BCUT2D eigenvalue weighted by atomic mass is 32.2. The Morgan fingerprint density at radius 2 is 2.04 bits per heavy atom. The average Bonchev–Trinajstić information content (AvgIpc) is 2.88. The summed E-state index contributed by atoms with van der Waals surface area (Å²) in [5.41, 5.74) is -0.773. The van der Waals surface area contributed by atoms with Crippen LogP contribution < -0.4 is 16.6 Å². The lowest BCUT2D eigenvalue weighted by Gasteiger charge is -2.10. The molecule has 2 aromatic rings. The summed E-state index contributed by atoms with van der Waals surface area (Å²) in [5, 5.41) is 2.92. The molecule has 24 heavy (non-hydrogen) atoms. The minimum absolute atomic E-state index is 0.0593. The Hall–Kier alpha value is -2.42. The third-order valence-electron chi connectivity index (χ3n) is 4.11. The van der Waals surface area contributed by atoms with Crippen LogP contribution in [0.25, 0.3) is 10.9 Å². The minimum Gasteiger partial charge on any atom is -0.354 e. The van der Waals surface area contributed by atoms with Crippen molar-refractivity contribution in [2.75, 3.05) is 18.1 Å². The van der Waals surface area contributed by atoms with Crippen molar-refractivity contribution in [2.45, 2.75) is 13.0 Å². The molecule has 2 N–H and O–H groups in total. The van der Waals surface area contributed by atoms with E-state index in [0.29, 0.717) is 17.3 Å². The smallest absolute Gasteiger partial charge is 0.329 e. The molecule has 2 heterocycles. The number of fused-ring (bicyclic) bond motifs is 1. The van der Waals surface area contributed by atoms with Gasteiger partial charge in [0, 0.05) is 6.54 Å². The summed E-state index contributed by atoms with van der Waals surface area (Å²) in [6.07, 6.45) is 0.513. The second-order valence-electron chi connectivity index (χ2n) is 5.94. The third-order valence-corrected chi connectivity index (χ3v) is 5.94. The fourth-order valence-electron chi connectivity index (χ4n) is 2.83. The molecule has 0 bridgehead atoms. The highest BCUT2D eigenvalue weighted by molar-refractivity contribution is 7.91. The second-order valence-corrected chi connectivity index (χ2v) is 8.17. The van der Waals surface area contributed by atoms with Gasteiger partial charge in [-0.2, -0.15) is 0 Å². The van der Waals surface area contributed by atoms with E-state index in [1.165, 1.54) is 0 Å². The maximum absolute atomic E-state index is 12.3. The molecule has 1 fully saturated rings. The summed E-state index contributed by atoms with van der Waals surface area (Å²) >= 11 is 0. The van der Waals surface area contributed by atoms with E-state index in [-0.39, 0.29) is 24.0 Å². The van der Waals surface area contributed by atoms with Crippen molar-refractivity contribution in [3.05, 3.63) is 45.1 Å². The summed E-state index contributed by atoms with van der Waals surface area (Å²) in [7, 11) is -3.00. The number of sulfone groups is 1. The summed E-state index contributed by atoms with van der Waals surface area (Å²) in [6.45, 7) is -0.184. The van der Waals surface area contributed by atoms with Crippen molar-refractivity contribution in [1.29, 1.82) is 0 Å². The largest absolute Gasteiger partial charge is 0.354 e. The molecule has 0 radical (unpaired) electrons. The number of hydrogen-bond donors (Lipinski definition) is 2. The van der Waals surface area contributed by atoms with Gasteiger partial charge in [-0.05, 0) is 24.5 Å². The van der Waals surface area contributed by atoms with Gasteiger partial charge in [-0.25, -0.2) is 13.2 Å². The molecule has 1 aliphatic rings. The van der Waals surface area contributed by atoms with Crippen molar-refractivity contribution in [1.82, 2.24) is 14.9 Å². The maximum atomic E-state index is 12.3. The molecule has 0 spiro atoms. The molecule has 0 aliphatic carbocycles. The Morgan fingerprint density at radius 1 is 1.29 bits per heavy atom. The Kier molecular flexibility index (Phi) is 4.27. The Morgan fingerprint density at radius 3 is 2.75 bits per heavy atom. The predicted molar refractivity (Wildman–Crippen MR) is 88.6 cm³/mol. The number of H-pyrrole nitrogens is 1. The molecule has 1 amide bonds. The lowest BCUT2D eigenvalue weighted by Crippen LogP contribution is -2.41. The number of para-hydroxylation sites is 1. The van der Waals surface area contributed by atoms with Gasteiger partial charge in [0.05, 0.1) is 22.4 Å². The van der Waals surface area contributed by atoms with E-state index in [2.05, 4.69) is 10.3 Å². The monoisotopic (exact) mass is 351 g/mol. The zero-order valence-electron chi connectivity index (χ0n) is 12.8. The van der Waals surface area contributed by atoms with E-state index >= 15 is 0 Å². The molecule has 0 saturated carbocycles. The van der Waals surface area contributed by atoms with Gasteiger partial charge in [-0.15, -0.1) is 0 Å². The molecule has 1 atom stereocenters. The van der Waals surface area contributed by atoms with Gasteiger partial charge in [-0.1, -0.05) is 12.1 Å². The van der Waals surface area contributed by atoms with Crippen LogP contribution in [0.1, 0.15) is 6.42 Å². The van der Waals surface area contributed by atoms with Gasteiger partial charge < -0.3 is 10.3 Å². The van der Waals surface area contributed by atoms with Gasteiger partial charge in [0.2, 0.25) is 5.91 Å². The number of carbonyl (C=O) groups excluding carboxylic acids is 1. The van der Waals surface area contributed by atoms with Gasteiger partial charge >= 0.3 is 5.69 Å². The fraction of sp³-hybridized carbons (Fsp3) is 0.400. The van der Waals surface area contributed by atoms with Crippen molar-refractivity contribution >= 4 is 26.6 Å². The molecule has 1 aliphatic heterocycles. The van der Waals surface area contributed by atoms with E-state index < -0.39 is 33.5 Å². The number of aromatic amines is 1. The van der Waals surface area contributed by atoms with Crippen LogP contribution in [-0.2, 0) is 21.2 Å². The standard InChI is InChI=1S/C15H17N3O5S/c19-13(16-7-10-5-6-24(22,23)9-10)8-18-14(20)11-3-1-2-4-12(11)17-15(18)21/h1-4,10H,5-9H2,(H,16,19)(H,17,21)/t10-/m0/s1. The van der Waals surface area contributed by atoms with E-state index in [9.17, 15) is 22.8 Å². The highest BCUT2D eigenvalue weighted by Crippen LogP contribution is 2.17. The number of aromatic nitrogens is 2. The zero-order chi connectivity index (χ0) is 17.3. The number of nitrogens with one attached hydrogen (secondary N) is 2. The van der Waals surface area contributed by atoms with Crippen molar-refractivity contribution < 1.29 is 13.2 Å². The normalized spacial score (nSPS) is 19.4. The van der Waals surface area contributed by atoms with Crippen LogP contribution in [0, 0.1) is 5.92 Å². The number of nitrogens with zero attached hydrogens (tertiary/aromatic N) is 1. The van der Waals surface area contributed by atoms with Crippen molar-refractivity contribution in [3.63, 3.8) is 0 Å². The SMILES string of the molecule is O=C(Cn1c(=O)[nH]c2ccccc2c1=O)NC[C@@H]1CCS(=O)(=O)C1. The predicted octanol–water partition coefficient (Wildman–Crippen LogP) is -0.759. The fourth-order valence-corrected chi connectivity index (χ4v) is 4.70. The van der Waals surface area contributed by atoms with Crippen LogP contribution in [0.15, 0.2) is 33.9 Å². The summed E-state index contributed by atoms with van der Waals surface area (Å²) in [5.74, 6) is -0.422. The lowest BCUT2D eigenvalue weighted by molar-refractivity contribution is -0.121. The molecule has 1 aromatic carbocycles. The first-order chi connectivity index (χ1) is 11.4. The molecule has 1 saturated heterocycles. The molecule has 0 unspecified atom stereocenters. The van der Waals surface area contributed by atoms with E-state index in [0.717, 1.165) is 4.57 Å². The van der Waals surface area contributed by atoms with Crippen LogP contribution >= 0.6 is 0 Å². The lowest BCUT2D eigenvalue weighted by atomic mass is 10.1. The number of amides is 1. The summed E-state index contributed by atoms with van der Waals surface area (Å²) in [4.78, 5) is 38.9. The second kappa shape index (κ2) is 6.23. The van der Waals surface area contributed by atoms with Crippen molar-refractivity contribution in [3.8, 4) is 0 Å². The molecule has 8 nitrogen and oxygen atoms in total. The Balaban J connectivity index is 1.72. The van der Waals surface area contributed by atoms with Gasteiger partial charge in [0.15, 0.2) is 9.84 Å².